The predicted molar refractivity (Wildman–Crippen MR) is 144 cm³/mol. The first-order valence-electron chi connectivity index (χ1n) is 12.7. The van der Waals surface area contributed by atoms with Crippen LogP contribution in [0.5, 0.6) is 0 Å². The maximum atomic E-state index is 13.0. The minimum atomic E-state index is -0.238. The van der Waals surface area contributed by atoms with Gasteiger partial charge < -0.3 is 9.72 Å². The smallest absolute Gasteiger partial charge is 0.316 e. The SMILES string of the molecule is CC(C)(C)C1CCC(OC(=O)CSc2nc3scc(-c4ccc5c(c4)CCCC5)c3c(=O)[nH]2)CC1. The maximum Gasteiger partial charge on any atom is 0.316 e. The Balaban J connectivity index is 1.23. The minimum Gasteiger partial charge on any atom is -0.462 e. The van der Waals surface area contributed by atoms with Crippen LogP contribution in [0.25, 0.3) is 21.3 Å². The van der Waals surface area contributed by atoms with Crippen molar-refractivity contribution in [2.75, 3.05) is 5.75 Å². The first-order valence-corrected chi connectivity index (χ1v) is 14.6. The van der Waals surface area contributed by atoms with Crippen LogP contribution in [0.3, 0.4) is 0 Å². The summed E-state index contributed by atoms with van der Waals surface area (Å²) in [5, 5.41) is 3.12. The number of hydrogen-bond donors (Lipinski definition) is 1. The molecule has 1 fully saturated rings. The second-order valence-electron chi connectivity index (χ2n) is 11.0. The number of aromatic amines is 1. The number of rotatable bonds is 5. The molecule has 2 aromatic heterocycles. The van der Waals surface area contributed by atoms with Gasteiger partial charge in [0.15, 0.2) is 5.16 Å². The molecule has 5 rings (SSSR count). The fourth-order valence-electron chi connectivity index (χ4n) is 5.50. The Kier molecular flexibility index (Phi) is 7.09. The summed E-state index contributed by atoms with van der Waals surface area (Å²) in [4.78, 5) is 33.7. The van der Waals surface area contributed by atoms with Crippen LogP contribution in [0.15, 0.2) is 33.5 Å². The molecular formula is C28H34N2O3S2. The highest BCUT2D eigenvalue weighted by Gasteiger charge is 2.31. The van der Waals surface area contributed by atoms with Gasteiger partial charge >= 0.3 is 5.97 Å². The van der Waals surface area contributed by atoms with E-state index in [1.165, 1.54) is 47.1 Å². The third-order valence-corrected chi connectivity index (χ3v) is 9.32. The molecule has 0 unspecified atom stereocenters. The number of thioether (sulfide) groups is 1. The molecular weight excluding hydrogens is 476 g/mol. The molecule has 35 heavy (non-hydrogen) atoms. The number of ether oxygens (including phenoxy) is 1. The Labute approximate surface area is 215 Å². The van der Waals surface area contributed by atoms with E-state index in [1.807, 2.05) is 5.38 Å². The number of esters is 1. The summed E-state index contributed by atoms with van der Waals surface area (Å²) in [6.07, 6.45) is 8.80. The molecule has 1 saturated carbocycles. The molecule has 0 aliphatic heterocycles. The van der Waals surface area contributed by atoms with Gasteiger partial charge in [-0.25, -0.2) is 4.98 Å². The lowest BCUT2D eigenvalue weighted by atomic mass is 9.72. The lowest BCUT2D eigenvalue weighted by molar-refractivity contribution is -0.148. The molecule has 3 aromatic rings. The van der Waals surface area contributed by atoms with Crippen LogP contribution in [-0.2, 0) is 22.4 Å². The van der Waals surface area contributed by atoms with Gasteiger partial charge in [0.05, 0.1) is 11.1 Å². The number of carbonyl (C=O) groups is 1. The van der Waals surface area contributed by atoms with E-state index in [2.05, 4.69) is 48.9 Å². The summed E-state index contributed by atoms with van der Waals surface area (Å²) in [5.41, 5.74) is 5.00. The molecule has 5 nitrogen and oxygen atoms in total. The van der Waals surface area contributed by atoms with E-state index in [4.69, 9.17) is 4.74 Å². The number of aromatic nitrogens is 2. The Morgan fingerprint density at radius 1 is 1.14 bits per heavy atom. The molecule has 2 aliphatic carbocycles. The van der Waals surface area contributed by atoms with E-state index in [0.717, 1.165) is 49.7 Å². The molecule has 1 aromatic carbocycles. The number of nitrogens with one attached hydrogen (secondary N) is 1. The van der Waals surface area contributed by atoms with Crippen molar-refractivity contribution >= 4 is 39.3 Å². The normalized spacial score (nSPS) is 20.5. The topological polar surface area (TPSA) is 72.0 Å². The highest BCUT2D eigenvalue weighted by atomic mass is 32.2. The molecule has 2 heterocycles. The number of hydrogen-bond acceptors (Lipinski definition) is 6. The average molecular weight is 511 g/mol. The number of fused-ring (bicyclic) bond motifs is 2. The first kappa shape index (κ1) is 24.6. The number of aryl methyl sites for hydroxylation is 2. The van der Waals surface area contributed by atoms with Gasteiger partial charge in [-0.15, -0.1) is 11.3 Å². The average Bonchev–Trinajstić information content (AvgIpc) is 3.27. The largest absolute Gasteiger partial charge is 0.462 e. The molecule has 0 saturated heterocycles. The highest BCUT2D eigenvalue weighted by molar-refractivity contribution is 7.99. The third kappa shape index (κ3) is 5.51. The molecule has 0 radical (unpaired) electrons. The van der Waals surface area contributed by atoms with E-state index in [0.29, 0.717) is 26.7 Å². The zero-order chi connectivity index (χ0) is 24.6. The van der Waals surface area contributed by atoms with Crippen LogP contribution < -0.4 is 5.56 Å². The molecule has 186 valence electrons. The number of nitrogens with zero attached hydrogens (tertiary/aromatic N) is 1. The van der Waals surface area contributed by atoms with Crippen molar-refractivity contribution in [3.63, 3.8) is 0 Å². The van der Waals surface area contributed by atoms with Crippen molar-refractivity contribution in [3.05, 3.63) is 45.1 Å². The monoisotopic (exact) mass is 510 g/mol. The standard InChI is InChI=1S/C28H34N2O3S2/c1-28(2,3)20-10-12-21(13-11-20)33-23(31)16-35-27-29-25(32)24-22(15-34-26(24)30-27)19-9-8-17-6-4-5-7-18(17)14-19/h8-9,14-15,20-21H,4-7,10-13,16H2,1-3H3,(H,29,30,32). The number of carbonyl (C=O) groups excluding carboxylic acids is 1. The molecule has 2 aliphatic rings. The summed E-state index contributed by atoms with van der Waals surface area (Å²) < 4.78 is 5.72. The summed E-state index contributed by atoms with van der Waals surface area (Å²) >= 11 is 2.72. The van der Waals surface area contributed by atoms with Gasteiger partial charge in [0.2, 0.25) is 0 Å². The van der Waals surface area contributed by atoms with E-state index in [1.54, 1.807) is 0 Å². The van der Waals surface area contributed by atoms with E-state index in [-0.39, 0.29) is 23.4 Å². The van der Waals surface area contributed by atoms with Crippen LogP contribution in [0.4, 0.5) is 0 Å². The first-order chi connectivity index (χ1) is 16.8. The van der Waals surface area contributed by atoms with Gasteiger partial charge in [-0.05, 0) is 79.4 Å². The number of benzene rings is 1. The zero-order valence-electron chi connectivity index (χ0n) is 20.8. The molecule has 7 heteroatoms. The van der Waals surface area contributed by atoms with Crippen LogP contribution in [0.1, 0.15) is 70.4 Å². The second-order valence-corrected chi connectivity index (χ2v) is 12.8. The van der Waals surface area contributed by atoms with Gasteiger partial charge in [-0.3, -0.25) is 9.59 Å². The lowest BCUT2D eigenvalue weighted by Crippen LogP contribution is -2.30. The maximum absolute atomic E-state index is 13.0. The summed E-state index contributed by atoms with van der Waals surface area (Å²) in [7, 11) is 0. The van der Waals surface area contributed by atoms with Gasteiger partial charge in [0.1, 0.15) is 10.9 Å². The quantitative estimate of drug-likeness (QED) is 0.233. The molecule has 0 amide bonds. The van der Waals surface area contributed by atoms with Gasteiger partial charge in [-0.2, -0.15) is 0 Å². The zero-order valence-corrected chi connectivity index (χ0v) is 22.4. The van der Waals surface area contributed by atoms with Crippen LogP contribution in [0.2, 0.25) is 0 Å². The van der Waals surface area contributed by atoms with Gasteiger partial charge in [-0.1, -0.05) is 50.7 Å². The third-order valence-electron chi connectivity index (χ3n) is 7.61. The summed E-state index contributed by atoms with van der Waals surface area (Å²) in [6.45, 7) is 6.86. The van der Waals surface area contributed by atoms with Gasteiger partial charge in [0.25, 0.3) is 5.56 Å². The van der Waals surface area contributed by atoms with Crippen molar-refractivity contribution in [2.24, 2.45) is 11.3 Å². The molecule has 1 N–H and O–H groups in total. The molecule has 0 atom stereocenters. The fraction of sp³-hybridized carbons (Fsp3) is 0.536. The minimum absolute atomic E-state index is 0.00709. The molecule has 0 bridgehead atoms. The summed E-state index contributed by atoms with van der Waals surface area (Å²) in [5.74, 6) is 0.596. The van der Waals surface area contributed by atoms with E-state index in [9.17, 15) is 9.59 Å². The number of thiophene rings is 1. The Hall–Kier alpha value is -2.12. The van der Waals surface area contributed by atoms with E-state index < -0.39 is 0 Å². The highest BCUT2D eigenvalue weighted by Crippen LogP contribution is 2.39. The second kappa shape index (κ2) is 10.1. The Morgan fingerprint density at radius 2 is 1.89 bits per heavy atom. The lowest BCUT2D eigenvalue weighted by Gasteiger charge is -2.36. The Bertz CT molecular complexity index is 1280. The number of H-pyrrole nitrogens is 1. The fourth-order valence-corrected chi connectivity index (χ4v) is 7.15. The molecule has 0 spiro atoms. The van der Waals surface area contributed by atoms with Crippen molar-refractivity contribution in [3.8, 4) is 11.1 Å². The van der Waals surface area contributed by atoms with Crippen molar-refractivity contribution in [2.45, 2.75) is 83.4 Å². The van der Waals surface area contributed by atoms with Crippen molar-refractivity contribution in [1.29, 1.82) is 0 Å². The van der Waals surface area contributed by atoms with Crippen molar-refractivity contribution < 1.29 is 9.53 Å². The predicted octanol–water partition coefficient (Wildman–Crippen LogP) is 6.77. The summed E-state index contributed by atoms with van der Waals surface area (Å²) in [6, 6.07) is 6.57. The Morgan fingerprint density at radius 3 is 2.63 bits per heavy atom. The van der Waals surface area contributed by atoms with Gasteiger partial charge in [0, 0.05) is 10.9 Å². The van der Waals surface area contributed by atoms with Crippen LogP contribution >= 0.6 is 23.1 Å². The van der Waals surface area contributed by atoms with Crippen LogP contribution in [0, 0.1) is 11.3 Å². The van der Waals surface area contributed by atoms with Crippen molar-refractivity contribution in [1.82, 2.24) is 9.97 Å². The van der Waals surface area contributed by atoms with E-state index >= 15 is 0 Å². The van der Waals surface area contributed by atoms with Crippen LogP contribution in [-0.4, -0.2) is 27.8 Å².